The first-order valence-corrected chi connectivity index (χ1v) is 8.28. The highest BCUT2D eigenvalue weighted by atomic mass is 16.5. The molecule has 6 nitrogen and oxygen atoms in total. The molecule has 3 amide bonds. The van der Waals surface area contributed by atoms with Gasteiger partial charge in [0.15, 0.2) is 0 Å². The average molecular weight is 339 g/mol. The second kappa shape index (κ2) is 7.25. The van der Waals surface area contributed by atoms with Crippen molar-refractivity contribution in [2.24, 2.45) is 0 Å². The number of hydrogen-bond donors (Lipinski definition) is 2. The third-order valence-corrected chi connectivity index (χ3v) is 4.04. The molecule has 130 valence electrons. The van der Waals surface area contributed by atoms with Gasteiger partial charge in [0.1, 0.15) is 5.75 Å². The van der Waals surface area contributed by atoms with Crippen LogP contribution in [0.2, 0.25) is 0 Å². The van der Waals surface area contributed by atoms with Crippen LogP contribution in [0, 0.1) is 0 Å². The van der Waals surface area contributed by atoms with E-state index in [9.17, 15) is 9.59 Å². The molecule has 3 rings (SSSR count). The lowest BCUT2D eigenvalue weighted by Gasteiger charge is -2.16. The lowest BCUT2D eigenvalue weighted by atomic mass is 10.1. The maximum Gasteiger partial charge on any atom is 0.323 e. The van der Waals surface area contributed by atoms with E-state index in [1.54, 1.807) is 36.1 Å². The number of benzene rings is 2. The van der Waals surface area contributed by atoms with E-state index in [1.807, 2.05) is 25.1 Å². The molecule has 0 spiro atoms. The first-order valence-electron chi connectivity index (χ1n) is 8.28. The number of hydrogen-bond acceptors (Lipinski definition) is 3. The van der Waals surface area contributed by atoms with Crippen LogP contribution in [0.4, 0.5) is 21.9 Å². The molecular formula is C19H21N3O3. The zero-order valence-corrected chi connectivity index (χ0v) is 14.3. The maximum atomic E-state index is 12.2. The topological polar surface area (TPSA) is 70.7 Å². The molecule has 0 unspecified atom stereocenters. The van der Waals surface area contributed by atoms with Gasteiger partial charge in [0.2, 0.25) is 5.91 Å². The predicted octanol–water partition coefficient (Wildman–Crippen LogP) is 3.64. The number of anilines is 3. The van der Waals surface area contributed by atoms with Crippen molar-refractivity contribution in [3.05, 3.63) is 48.0 Å². The Bertz CT molecular complexity index is 787. The Morgan fingerprint density at radius 3 is 2.44 bits per heavy atom. The number of urea groups is 1. The van der Waals surface area contributed by atoms with E-state index in [0.29, 0.717) is 24.5 Å². The van der Waals surface area contributed by atoms with E-state index in [4.69, 9.17) is 4.74 Å². The Kier molecular flexibility index (Phi) is 4.88. The zero-order chi connectivity index (χ0) is 17.8. The average Bonchev–Trinajstić information content (AvgIpc) is 3.00. The summed E-state index contributed by atoms with van der Waals surface area (Å²) in [5.41, 5.74) is 3.31. The van der Waals surface area contributed by atoms with Crippen LogP contribution in [0.25, 0.3) is 0 Å². The van der Waals surface area contributed by atoms with Gasteiger partial charge in [-0.2, -0.15) is 0 Å². The summed E-state index contributed by atoms with van der Waals surface area (Å²) in [7, 11) is 0. The van der Waals surface area contributed by atoms with Gasteiger partial charge in [-0.1, -0.05) is 6.07 Å². The Balaban J connectivity index is 1.65. The third-order valence-electron chi connectivity index (χ3n) is 4.04. The van der Waals surface area contributed by atoms with Crippen LogP contribution in [0.3, 0.4) is 0 Å². The van der Waals surface area contributed by atoms with Crippen LogP contribution in [-0.2, 0) is 11.2 Å². The monoisotopic (exact) mass is 339 g/mol. The van der Waals surface area contributed by atoms with E-state index >= 15 is 0 Å². The SMILES string of the molecule is CCOc1ccc(NC(=O)Nc2ccc3c(c2)N(C(C)=O)CC3)cc1. The number of fused-ring (bicyclic) bond motifs is 1. The van der Waals surface area contributed by atoms with Gasteiger partial charge in [-0.05, 0) is 55.3 Å². The summed E-state index contributed by atoms with van der Waals surface area (Å²) in [5, 5.41) is 5.58. The molecule has 2 N–H and O–H groups in total. The van der Waals surface area contributed by atoms with Crippen molar-refractivity contribution >= 4 is 29.0 Å². The van der Waals surface area contributed by atoms with Gasteiger partial charge in [-0.15, -0.1) is 0 Å². The predicted molar refractivity (Wildman–Crippen MR) is 98.4 cm³/mol. The van der Waals surface area contributed by atoms with Gasteiger partial charge in [-0.3, -0.25) is 4.79 Å². The van der Waals surface area contributed by atoms with Crippen molar-refractivity contribution in [1.29, 1.82) is 0 Å². The number of nitrogens with zero attached hydrogens (tertiary/aromatic N) is 1. The first-order chi connectivity index (χ1) is 12.1. The van der Waals surface area contributed by atoms with E-state index in [2.05, 4.69) is 10.6 Å². The highest BCUT2D eigenvalue weighted by Gasteiger charge is 2.22. The third kappa shape index (κ3) is 3.91. The number of nitrogens with one attached hydrogen (secondary N) is 2. The normalized spacial score (nSPS) is 12.5. The molecule has 1 aliphatic heterocycles. The molecule has 0 saturated carbocycles. The second-order valence-electron chi connectivity index (χ2n) is 5.80. The Morgan fingerprint density at radius 2 is 1.76 bits per heavy atom. The van der Waals surface area contributed by atoms with Crippen LogP contribution in [0.1, 0.15) is 19.4 Å². The van der Waals surface area contributed by atoms with Gasteiger partial charge in [0.05, 0.1) is 6.61 Å². The molecule has 25 heavy (non-hydrogen) atoms. The second-order valence-corrected chi connectivity index (χ2v) is 5.80. The van der Waals surface area contributed by atoms with Crippen LogP contribution in [0.5, 0.6) is 5.75 Å². The largest absolute Gasteiger partial charge is 0.494 e. The molecule has 0 fully saturated rings. The van der Waals surface area contributed by atoms with Crippen molar-refractivity contribution in [2.75, 3.05) is 28.7 Å². The fraction of sp³-hybridized carbons (Fsp3) is 0.263. The molecule has 1 aliphatic rings. The van der Waals surface area contributed by atoms with E-state index in [0.717, 1.165) is 23.4 Å². The molecule has 0 radical (unpaired) electrons. The van der Waals surface area contributed by atoms with Gasteiger partial charge < -0.3 is 20.3 Å². The molecule has 2 aromatic carbocycles. The molecule has 0 atom stereocenters. The highest BCUT2D eigenvalue weighted by molar-refractivity contribution is 6.01. The smallest absolute Gasteiger partial charge is 0.323 e. The quantitative estimate of drug-likeness (QED) is 0.893. The lowest BCUT2D eigenvalue weighted by molar-refractivity contribution is -0.116. The van der Waals surface area contributed by atoms with E-state index < -0.39 is 0 Å². The van der Waals surface area contributed by atoms with Crippen LogP contribution < -0.4 is 20.3 Å². The molecule has 1 heterocycles. The molecule has 0 aromatic heterocycles. The fourth-order valence-corrected chi connectivity index (χ4v) is 2.88. The maximum absolute atomic E-state index is 12.2. The van der Waals surface area contributed by atoms with Gasteiger partial charge in [0.25, 0.3) is 0 Å². The summed E-state index contributed by atoms with van der Waals surface area (Å²) in [6.07, 6.45) is 0.841. The van der Waals surface area contributed by atoms with Crippen LogP contribution >= 0.6 is 0 Å². The van der Waals surface area contributed by atoms with Gasteiger partial charge >= 0.3 is 6.03 Å². The number of ether oxygens (including phenoxy) is 1. The minimum atomic E-state index is -0.337. The minimum absolute atomic E-state index is 0.00902. The number of rotatable bonds is 4. The first kappa shape index (κ1) is 16.8. The van der Waals surface area contributed by atoms with E-state index in [-0.39, 0.29) is 11.9 Å². The molecular weight excluding hydrogens is 318 g/mol. The van der Waals surface area contributed by atoms with Crippen LogP contribution in [0.15, 0.2) is 42.5 Å². The summed E-state index contributed by atoms with van der Waals surface area (Å²) in [6, 6.07) is 12.5. The van der Waals surface area contributed by atoms with Gasteiger partial charge in [-0.25, -0.2) is 4.79 Å². The molecule has 0 aliphatic carbocycles. The Labute approximate surface area is 146 Å². The summed E-state index contributed by atoms with van der Waals surface area (Å²) >= 11 is 0. The Morgan fingerprint density at radius 1 is 1.08 bits per heavy atom. The molecule has 2 aromatic rings. The van der Waals surface area contributed by atoms with Crippen molar-refractivity contribution in [3.8, 4) is 5.75 Å². The van der Waals surface area contributed by atoms with Crippen molar-refractivity contribution in [1.82, 2.24) is 0 Å². The fourth-order valence-electron chi connectivity index (χ4n) is 2.88. The lowest BCUT2D eigenvalue weighted by Crippen LogP contribution is -2.26. The van der Waals surface area contributed by atoms with Gasteiger partial charge in [0, 0.05) is 30.5 Å². The number of amides is 3. The molecule has 0 saturated heterocycles. The zero-order valence-electron chi connectivity index (χ0n) is 14.3. The summed E-state index contributed by atoms with van der Waals surface area (Å²) in [5.74, 6) is 0.770. The highest BCUT2D eigenvalue weighted by Crippen LogP contribution is 2.31. The van der Waals surface area contributed by atoms with Crippen molar-refractivity contribution < 1.29 is 14.3 Å². The van der Waals surface area contributed by atoms with E-state index in [1.165, 1.54) is 0 Å². The number of carbonyl (C=O) groups excluding carboxylic acids is 2. The standard InChI is InChI=1S/C19H21N3O3/c1-3-25-17-8-6-15(7-9-17)20-19(24)21-16-5-4-14-10-11-22(13(2)23)18(14)12-16/h4-9,12H,3,10-11H2,1-2H3,(H2,20,21,24). The number of carbonyl (C=O) groups is 2. The molecule has 0 bridgehead atoms. The van der Waals surface area contributed by atoms with Crippen LogP contribution in [-0.4, -0.2) is 25.1 Å². The molecule has 6 heteroatoms. The van der Waals surface area contributed by atoms with Crippen molar-refractivity contribution in [2.45, 2.75) is 20.3 Å². The summed E-state index contributed by atoms with van der Waals surface area (Å²) in [6.45, 7) is 4.76. The minimum Gasteiger partial charge on any atom is -0.494 e. The summed E-state index contributed by atoms with van der Waals surface area (Å²) in [4.78, 5) is 25.6. The Hall–Kier alpha value is -3.02. The summed E-state index contributed by atoms with van der Waals surface area (Å²) < 4.78 is 5.37. The van der Waals surface area contributed by atoms with Crippen molar-refractivity contribution in [3.63, 3.8) is 0 Å².